The lowest BCUT2D eigenvalue weighted by Gasteiger charge is -2.03. The number of H-pyrrole nitrogens is 2. The molecule has 2 N–H and O–H groups in total. The zero-order chi connectivity index (χ0) is 11.8. The molecule has 0 aliphatic rings. The number of benzene rings is 1. The van der Waals surface area contributed by atoms with Crippen LogP contribution in [0.3, 0.4) is 0 Å². The Morgan fingerprint density at radius 1 is 1.18 bits per heavy atom. The second-order valence-corrected chi connectivity index (χ2v) is 4.02. The number of rotatable bonds is 2. The van der Waals surface area contributed by atoms with Crippen LogP contribution in [-0.2, 0) is 0 Å². The molecule has 2 aromatic heterocycles. The van der Waals surface area contributed by atoms with Gasteiger partial charge in [-0.1, -0.05) is 12.1 Å². The topological polar surface area (TPSA) is 73.5 Å². The van der Waals surface area contributed by atoms with Gasteiger partial charge in [0.25, 0.3) is 0 Å². The van der Waals surface area contributed by atoms with E-state index in [4.69, 9.17) is 0 Å². The maximum Gasteiger partial charge on any atom is 0.244 e. The van der Waals surface area contributed by atoms with Gasteiger partial charge in [-0.05, 0) is 6.07 Å². The van der Waals surface area contributed by atoms with E-state index < -0.39 is 0 Å². The molecule has 0 fully saturated rings. The Morgan fingerprint density at radius 2 is 2.06 bits per heavy atom. The van der Waals surface area contributed by atoms with Crippen molar-refractivity contribution in [3.05, 3.63) is 24.4 Å². The van der Waals surface area contributed by atoms with Gasteiger partial charge in [0, 0.05) is 25.0 Å². The molecule has 6 heteroatoms. The predicted molar refractivity (Wildman–Crippen MR) is 65.8 cm³/mol. The lowest BCUT2D eigenvalue weighted by molar-refractivity contribution is 0.999. The number of hydrogen-bond acceptors (Lipinski definition) is 4. The minimum absolute atomic E-state index is 0.667. The number of aromatic amines is 2. The summed E-state index contributed by atoms with van der Waals surface area (Å²) in [7, 11) is 3.82. The molecule has 0 spiro atoms. The third-order valence-corrected chi connectivity index (χ3v) is 2.61. The van der Waals surface area contributed by atoms with Gasteiger partial charge in [0.05, 0.1) is 11.7 Å². The van der Waals surface area contributed by atoms with Crippen molar-refractivity contribution < 1.29 is 0 Å². The molecule has 0 saturated heterocycles. The SMILES string of the molecule is CN(C)c1n[nH]c(-c2cccc3[nH]ncc23)n1. The molecule has 86 valence electrons. The van der Waals surface area contributed by atoms with Gasteiger partial charge >= 0.3 is 0 Å². The molecule has 2 heterocycles. The summed E-state index contributed by atoms with van der Waals surface area (Å²) in [5.41, 5.74) is 1.99. The van der Waals surface area contributed by atoms with Crippen LogP contribution in [0.1, 0.15) is 0 Å². The monoisotopic (exact) mass is 228 g/mol. The Kier molecular flexibility index (Phi) is 2.07. The molecular weight excluding hydrogens is 216 g/mol. The first-order chi connectivity index (χ1) is 8.25. The molecule has 0 saturated carbocycles. The van der Waals surface area contributed by atoms with Gasteiger partial charge in [-0.25, -0.2) is 0 Å². The van der Waals surface area contributed by atoms with E-state index in [9.17, 15) is 0 Å². The first-order valence-electron chi connectivity index (χ1n) is 5.28. The Labute approximate surface area is 97.7 Å². The predicted octanol–water partition coefficient (Wildman–Crippen LogP) is 1.41. The third-order valence-electron chi connectivity index (χ3n) is 2.61. The summed E-state index contributed by atoms with van der Waals surface area (Å²) >= 11 is 0. The summed E-state index contributed by atoms with van der Waals surface area (Å²) < 4.78 is 0. The second-order valence-electron chi connectivity index (χ2n) is 4.02. The molecule has 0 radical (unpaired) electrons. The zero-order valence-corrected chi connectivity index (χ0v) is 9.60. The highest BCUT2D eigenvalue weighted by atomic mass is 15.3. The van der Waals surface area contributed by atoms with Crippen molar-refractivity contribution >= 4 is 16.9 Å². The summed E-state index contributed by atoms with van der Waals surface area (Å²) in [6, 6.07) is 5.95. The van der Waals surface area contributed by atoms with Crippen LogP contribution in [0.2, 0.25) is 0 Å². The quantitative estimate of drug-likeness (QED) is 0.695. The fourth-order valence-corrected chi connectivity index (χ4v) is 1.75. The zero-order valence-electron chi connectivity index (χ0n) is 9.60. The van der Waals surface area contributed by atoms with Crippen LogP contribution >= 0.6 is 0 Å². The molecule has 0 bridgehead atoms. The molecule has 0 atom stereocenters. The maximum absolute atomic E-state index is 4.43. The minimum atomic E-state index is 0.667. The largest absolute Gasteiger partial charge is 0.346 e. The van der Waals surface area contributed by atoms with Crippen LogP contribution in [0, 0.1) is 0 Å². The summed E-state index contributed by atoms with van der Waals surface area (Å²) in [5.74, 6) is 1.42. The van der Waals surface area contributed by atoms with Crippen LogP contribution in [0.25, 0.3) is 22.3 Å². The van der Waals surface area contributed by atoms with Gasteiger partial charge in [-0.3, -0.25) is 10.2 Å². The van der Waals surface area contributed by atoms with E-state index in [1.807, 2.05) is 37.2 Å². The van der Waals surface area contributed by atoms with E-state index >= 15 is 0 Å². The molecule has 0 aliphatic heterocycles. The number of nitrogens with one attached hydrogen (secondary N) is 2. The Morgan fingerprint density at radius 3 is 2.82 bits per heavy atom. The van der Waals surface area contributed by atoms with E-state index in [1.165, 1.54) is 0 Å². The third kappa shape index (κ3) is 1.54. The molecule has 3 aromatic rings. The lowest BCUT2D eigenvalue weighted by Crippen LogP contribution is -2.10. The van der Waals surface area contributed by atoms with Crippen LogP contribution in [0.15, 0.2) is 24.4 Å². The molecule has 6 nitrogen and oxygen atoms in total. The van der Waals surface area contributed by atoms with Crippen molar-refractivity contribution in [1.82, 2.24) is 25.4 Å². The van der Waals surface area contributed by atoms with Gasteiger partial charge in [0.2, 0.25) is 5.95 Å². The Balaban J connectivity index is 2.16. The summed E-state index contributed by atoms with van der Waals surface area (Å²) in [4.78, 5) is 6.28. The molecule has 17 heavy (non-hydrogen) atoms. The van der Waals surface area contributed by atoms with Crippen molar-refractivity contribution in [2.24, 2.45) is 0 Å². The van der Waals surface area contributed by atoms with Crippen molar-refractivity contribution in [2.75, 3.05) is 19.0 Å². The fourth-order valence-electron chi connectivity index (χ4n) is 1.75. The van der Waals surface area contributed by atoms with E-state index in [0.29, 0.717) is 5.95 Å². The second kappa shape index (κ2) is 3.58. The first-order valence-corrected chi connectivity index (χ1v) is 5.28. The number of hydrogen-bond donors (Lipinski definition) is 2. The van der Waals surface area contributed by atoms with Crippen LogP contribution < -0.4 is 4.90 Å². The lowest BCUT2D eigenvalue weighted by atomic mass is 10.1. The number of anilines is 1. The van der Waals surface area contributed by atoms with E-state index in [2.05, 4.69) is 25.4 Å². The van der Waals surface area contributed by atoms with E-state index in [-0.39, 0.29) is 0 Å². The van der Waals surface area contributed by atoms with Crippen molar-refractivity contribution in [2.45, 2.75) is 0 Å². The molecular formula is C11H12N6. The smallest absolute Gasteiger partial charge is 0.244 e. The fraction of sp³-hybridized carbons (Fsp3) is 0.182. The highest BCUT2D eigenvalue weighted by Crippen LogP contribution is 2.25. The van der Waals surface area contributed by atoms with Gasteiger partial charge < -0.3 is 4.90 Å². The average molecular weight is 228 g/mol. The normalized spacial score (nSPS) is 10.9. The highest BCUT2D eigenvalue weighted by molar-refractivity contribution is 5.92. The molecule has 3 rings (SSSR count). The van der Waals surface area contributed by atoms with Crippen LogP contribution in [0.5, 0.6) is 0 Å². The van der Waals surface area contributed by atoms with Gasteiger partial charge in [0.15, 0.2) is 5.82 Å². The number of fused-ring (bicyclic) bond motifs is 1. The average Bonchev–Trinajstić information content (AvgIpc) is 2.97. The first kappa shape index (κ1) is 9.83. The van der Waals surface area contributed by atoms with E-state index in [0.717, 1.165) is 22.3 Å². The summed E-state index contributed by atoms with van der Waals surface area (Å²) in [5, 5.41) is 15.1. The Hall–Kier alpha value is -2.37. The summed E-state index contributed by atoms with van der Waals surface area (Å²) in [6.45, 7) is 0. The number of nitrogens with zero attached hydrogens (tertiary/aromatic N) is 4. The van der Waals surface area contributed by atoms with Gasteiger partial charge in [-0.2, -0.15) is 10.1 Å². The standard InChI is InChI=1S/C11H12N6/c1-17(2)11-13-10(15-16-11)7-4-3-5-9-8(7)6-12-14-9/h3-6H,1-2H3,(H,12,14)(H,13,15,16). The Bertz CT molecular complexity index is 651. The highest BCUT2D eigenvalue weighted by Gasteiger charge is 2.10. The number of aromatic nitrogens is 5. The summed E-state index contributed by atoms with van der Waals surface area (Å²) in [6.07, 6.45) is 1.79. The molecule has 0 unspecified atom stereocenters. The molecule has 0 amide bonds. The minimum Gasteiger partial charge on any atom is -0.346 e. The van der Waals surface area contributed by atoms with Crippen molar-refractivity contribution in [3.63, 3.8) is 0 Å². The van der Waals surface area contributed by atoms with Crippen molar-refractivity contribution in [1.29, 1.82) is 0 Å². The molecule has 1 aromatic carbocycles. The molecule has 0 aliphatic carbocycles. The van der Waals surface area contributed by atoms with Gasteiger partial charge in [-0.15, -0.1) is 5.10 Å². The maximum atomic E-state index is 4.43. The van der Waals surface area contributed by atoms with E-state index in [1.54, 1.807) is 6.20 Å². The van der Waals surface area contributed by atoms with Gasteiger partial charge in [0.1, 0.15) is 0 Å². The van der Waals surface area contributed by atoms with Crippen LogP contribution in [-0.4, -0.2) is 39.5 Å². The van der Waals surface area contributed by atoms with Crippen LogP contribution in [0.4, 0.5) is 5.95 Å². The van der Waals surface area contributed by atoms with Crippen molar-refractivity contribution in [3.8, 4) is 11.4 Å².